The standard InChI is InChI=1S/C22H20FN5O3/c1-27-16-9-5-6-10-18(16)31-12-15(22(27)30)24-21(29)19-25-20-14(23)11-17(28(20)26-19)13-7-3-2-4-8-13/h2-10,14-15,17H,11-12H2,1H3,(H,24,29)/t14?,15-,17?/m0/s1. The normalized spacial score (nSPS) is 22.3. The molecule has 0 saturated carbocycles. The number of alkyl halides is 1. The lowest BCUT2D eigenvalue weighted by molar-refractivity contribution is -0.120. The number of hydrogen-bond donors (Lipinski definition) is 1. The van der Waals surface area contributed by atoms with Gasteiger partial charge in [0, 0.05) is 13.5 Å². The molecule has 2 aromatic carbocycles. The molecule has 0 spiro atoms. The van der Waals surface area contributed by atoms with Gasteiger partial charge >= 0.3 is 0 Å². The molecule has 2 aliphatic rings. The first-order valence-corrected chi connectivity index (χ1v) is 9.98. The Morgan fingerprint density at radius 2 is 1.90 bits per heavy atom. The Labute approximate surface area is 177 Å². The predicted octanol–water partition coefficient (Wildman–Crippen LogP) is 2.44. The summed E-state index contributed by atoms with van der Waals surface area (Å²) < 4.78 is 21.7. The number of nitrogens with zero attached hydrogens (tertiary/aromatic N) is 4. The van der Waals surface area contributed by atoms with Gasteiger partial charge in [-0.15, -0.1) is 5.10 Å². The summed E-state index contributed by atoms with van der Waals surface area (Å²) in [5.74, 6) is -0.472. The number of rotatable bonds is 3. The van der Waals surface area contributed by atoms with Gasteiger partial charge in [-0.05, 0) is 17.7 Å². The van der Waals surface area contributed by atoms with Gasteiger partial charge in [-0.1, -0.05) is 42.5 Å². The van der Waals surface area contributed by atoms with Crippen molar-refractivity contribution in [2.24, 2.45) is 0 Å². The zero-order chi connectivity index (χ0) is 21.5. The Bertz CT molecular complexity index is 1150. The minimum Gasteiger partial charge on any atom is -0.489 e. The lowest BCUT2D eigenvalue weighted by Gasteiger charge is -2.19. The van der Waals surface area contributed by atoms with Crippen LogP contribution < -0.4 is 15.0 Å². The Hall–Kier alpha value is -3.75. The summed E-state index contributed by atoms with van der Waals surface area (Å²) in [6, 6.07) is 15.3. The molecule has 0 bridgehead atoms. The van der Waals surface area contributed by atoms with Gasteiger partial charge in [0.2, 0.25) is 5.82 Å². The van der Waals surface area contributed by atoms with Gasteiger partial charge in [0.1, 0.15) is 18.4 Å². The molecule has 0 aliphatic carbocycles. The van der Waals surface area contributed by atoms with Crippen LogP contribution in [-0.2, 0) is 4.79 Å². The van der Waals surface area contributed by atoms with E-state index in [2.05, 4.69) is 15.4 Å². The van der Waals surface area contributed by atoms with Crippen LogP contribution in [0.1, 0.15) is 40.6 Å². The number of carbonyl (C=O) groups excluding carboxylic acids is 2. The van der Waals surface area contributed by atoms with E-state index in [0.717, 1.165) is 5.56 Å². The largest absolute Gasteiger partial charge is 0.489 e. The molecule has 5 rings (SSSR count). The molecule has 9 heteroatoms. The van der Waals surface area contributed by atoms with Crippen LogP contribution in [0.15, 0.2) is 54.6 Å². The second-order valence-corrected chi connectivity index (χ2v) is 7.57. The molecule has 0 fully saturated rings. The van der Waals surface area contributed by atoms with E-state index in [1.54, 1.807) is 25.2 Å². The van der Waals surface area contributed by atoms with Crippen molar-refractivity contribution in [3.05, 3.63) is 71.8 Å². The van der Waals surface area contributed by atoms with Gasteiger partial charge < -0.3 is 15.0 Å². The third kappa shape index (κ3) is 3.31. The van der Waals surface area contributed by atoms with E-state index in [1.807, 2.05) is 36.4 Å². The number of ether oxygens (including phenoxy) is 1. The maximum atomic E-state index is 14.6. The summed E-state index contributed by atoms with van der Waals surface area (Å²) in [5.41, 5.74) is 1.52. The van der Waals surface area contributed by atoms with Crippen molar-refractivity contribution in [1.29, 1.82) is 0 Å². The van der Waals surface area contributed by atoms with Crippen molar-refractivity contribution in [3.63, 3.8) is 0 Å². The molecule has 0 radical (unpaired) electrons. The molecule has 8 nitrogen and oxygen atoms in total. The molecule has 2 unspecified atom stereocenters. The number of fused-ring (bicyclic) bond motifs is 2. The molecule has 2 amide bonds. The van der Waals surface area contributed by atoms with Gasteiger partial charge in [-0.2, -0.15) is 0 Å². The number of carbonyl (C=O) groups is 2. The SMILES string of the molecule is CN1C(=O)[C@@H](NC(=O)c2nc3n(n2)C(c2ccccc2)CC3F)COc2ccccc21. The maximum Gasteiger partial charge on any atom is 0.291 e. The summed E-state index contributed by atoms with van der Waals surface area (Å²) in [7, 11) is 1.62. The molecule has 31 heavy (non-hydrogen) atoms. The van der Waals surface area contributed by atoms with Gasteiger partial charge in [0.05, 0.1) is 11.7 Å². The smallest absolute Gasteiger partial charge is 0.291 e. The van der Waals surface area contributed by atoms with E-state index in [9.17, 15) is 14.0 Å². The van der Waals surface area contributed by atoms with Gasteiger partial charge in [-0.3, -0.25) is 9.59 Å². The Morgan fingerprint density at radius 1 is 1.16 bits per heavy atom. The van der Waals surface area contributed by atoms with Crippen LogP contribution in [0.2, 0.25) is 0 Å². The van der Waals surface area contributed by atoms with Crippen LogP contribution in [0, 0.1) is 0 Å². The van der Waals surface area contributed by atoms with E-state index in [1.165, 1.54) is 9.58 Å². The lowest BCUT2D eigenvalue weighted by atomic mass is 10.0. The van der Waals surface area contributed by atoms with E-state index in [0.29, 0.717) is 11.4 Å². The molecule has 1 aromatic heterocycles. The molecule has 158 valence electrons. The fourth-order valence-corrected chi connectivity index (χ4v) is 4.01. The average molecular weight is 421 g/mol. The van der Waals surface area contributed by atoms with Crippen molar-refractivity contribution in [3.8, 4) is 5.75 Å². The second-order valence-electron chi connectivity index (χ2n) is 7.57. The first-order chi connectivity index (χ1) is 15.0. The van der Waals surface area contributed by atoms with Crippen LogP contribution in [0.3, 0.4) is 0 Å². The van der Waals surface area contributed by atoms with Crippen LogP contribution in [0.5, 0.6) is 5.75 Å². The molecule has 0 saturated heterocycles. The maximum absolute atomic E-state index is 14.6. The highest BCUT2D eigenvalue weighted by Gasteiger charge is 2.37. The Kier molecular flexibility index (Phi) is 4.65. The number of halogens is 1. The second kappa shape index (κ2) is 7.50. The molecule has 1 N–H and O–H groups in total. The van der Waals surface area contributed by atoms with E-state index >= 15 is 0 Å². The minimum absolute atomic E-state index is 0.0299. The third-order valence-corrected chi connectivity index (χ3v) is 5.62. The lowest BCUT2D eigenvalue weighted by Crippen LogP contribution is -2.49. The van der Waals surface area contributed by atoms with E-state index in [-0.39, 0.29) is 36.6 Å². The molecule has 2 aliphatic heterocycles. The Morgan fingerprint density at radius 3 is 2.71 bits per heavy atom. The molecular weight excluding hydrogens is 401 g/mol. The number of likely N-dealkylation sites (N-methyl/N-ethyl adjacent to an activating group) is 1. The molecule has 3 aromatic rings. The van der Waals surface area contributed by atoms with E-state index in [4.69, 9.17) is 4.74 Å². The number of aromatic nitrogens is 3. The number of benzene rings is 2. The van der Waals surface area contributed by atoms with Gasteiger partial charge in [0.25, 0.3) is 11.8 Å². The zero-order valence-electron chi connectivity index (χ0n) is 16.7. The topological polar surface area (TPSA) is 89.4 Å². The number of nitrogens with one attached hydrogen (secondary N) is 1. The summed E-state index contributed by atoms with van der Waals surface area (Å²) in [4.78, 5) is 31.2. The van der Waals surface area contributed by atoms with Crippen molar-refractivity contribution in [2.45, 2.75) is 24.7 Å². The van der Waals surface area contributed by atoms with Crippen molar-refractivity contribution in [1.82, 2.24) is 20.1 Å². The quantitative estimate of drug-likeness (QED) is 0.702. The van der Waals surface area contributed by atoms with Crippen LogP contribution in [0.4, 0.5) is 10.1 Å². The highest BCUT2D eigenvalue weighted by Crippen LogP contribution is 2.39. The number of hydrogen-bond acceptors (Lipinski definition) is 5. The zero-order valence-corrected chi connectivity index (χ0v) is 16.7. The van der Waals surface area contributed by atoms with Crippen LogP contribution in [0.25, 0.3) is 0 Å². The summed E-state index contributed by atoms with van der Waals surface area (Å²) in [6.07, 6.45) is -1.10. The first kappa shape index (κ1) is 19.2. The van der Waals surface area contributed by atoms with Gasteiger partial charge in [-0.25, -0.2) is 14.1 Å². The monoisotopic (exact) mass is 421 g/mol. The summed E-state index contributed by atoms with van der Waals surface area (Å²) in [6.45, 7) is -0.0299. The fraction of sp³-hybridized carbons (Fsp3) is 0.273. The Balaban J connectivity index is 1.36. The van der Waals surface area contributed by atoms with Crippen molar-refractivity contribution >= 4 is 17.5 Å². The van der Waals surface area contributed by atoms with Gasteiger partial charge in [0.15, 0.2) is 12.0 Å². The number of amides is 2. The predicted molar refractivity (Wildman–Crippen MR) is 110 cm³/mol. The summed E-state index contributed by atoms with van der Waals surface area (Å²) in [5, 5.41) is 6.89. The molecule has 3 heterocycles. The number of anilines is 1. The average Bonchev–Trinajstić information content (AvgIpc) is 3.34. The van der Waals surface area contributed by atoms with E-state index < -0.39 is 18.1 Å². The minimum atomic E-state index is -1.32. The number of para-hydroxylation sites is 2. The molecular formula is C22H20FN5O3. The highest BCUT2D eigenvalue weighted by atomic mass is 19.1. The van der Waals surface area contributed by atoms with Crippen LogP contribution >= 0.6 is 0 Å². The van der Waals surface area contributed by atoms with Crippen molar-refractivity contribution in [2.75, 3.05) is 18.6 Å². The first-order valence-electron chi connectivity index (χ1n) is 9.98. The fourth-order valence-electron chi connectivity index (χ4n) is 4.01. The van der Waals surface area contributed by atoms with Crippen molar-refractivity contribution < 1.29 is 18.7 Å². The summed E-state index contributed by atoms with van der Waals surface area (Å²) >= 11 is 0. The highest BCUT2D eigenvalue weighted by molar-refractivity contribution is 6.02. The third-order valence-electron chi connectivity index (χ3n) is 5.62. The molecule has 3 atom stereocenters. The van der Waals surface area contributed by atoms with Crippen LogP contribution in [-0.4, -0.2) is 46.3 Å².